The van der Waals surface area contributed by atoms with Crippen LogP contribution in [0.4, 0.5) is 4.39 Å². The highest BCUT2D eigenvalue weighted by molar-refractivity contribution is 5.86. The van der Waals surface area contributed by atoms with E-state index in [1.165, 1.54) is 25.3 Å². The van der Waals surface area contributed by atoms with Crippen molar-refractivity contribution in [2.75, 3.05) is 7.11 Å². The van der Waals surface area contributed by atoms with Gasteiger partial charge in [-0.15, -0.1) is 0 Å². The van der Waals surface area contributed by atoms with Crippen LogP contribution in [-0.4, -0.2) is 23.2 Å². The fourth-order valence-electron chi connectivity index (χ4n) is 1.56. The van der Waals surface area contributed by atoms with Crippen LogP contribution in [-0.2, 0) is 0 Å². The van der Waals surface area contributed by atoms with Gasteiger partial charge in [0.15, 0.2) is 5.69 Å². The summed E-state index contributed by atoms with van der Waals surface area (Å²) in [5.74, 6) is -1.27. The van der Waals surface area contributed by atoms with Gasteiger partial charge in [-0.1, -0.05) is 12.1 Å². The molecule has 0 amide bonds. The monoisotopic (exact) mass is 247 g/mol. The number of carboxylic acids is 1. The molecule has 0 aliphatic heterocycles. The number of carbonyl (C=O) groups is 1. The third-order valence-electron chi connectivity index (χ3n) is 2.43. The molecule has 18 heavy (non-hydrogen) atoms. The minimum atomic E-state index is -1.13. The van der Waals surface area contributed by atoms with Gasteiger partial charge in [0.05, 0.1) is 7.11 Å². The number of methoxy groups -OCH3 is 1. The van der Waals surface area contributed by atoms with Crippen molar-refractivity contribution < 1.29 is 19.0 Å². The molecule has 0 radical (unpaired) electrons. The van der Waals surface area contributed by atoms with Crippen LogP contribution >= 0.6 is 0 Å². The number of rotatable bonds is 3. The van der Waals surface area contributed by atoms with E-state index in [-0.39, 0.29) is 17.4 Å². The summed E-state index contributed by atoms with van der Waals surface area (Å²) in [6, 6.07) is 8.76. The largest absolute Gasteiger partial charge is 0.481 e. The number of benzene rings is 1. The lowest BCUT2D eigenvalue weighted by Gasteiger charge is -2.08. The van der Waals surface area contributed by atoms with E-state index in [4.69, 9.17) is 9.84 Å². The van der Waals surface area contributed by atoms with Crippen molar-refractivity contribution in [3.8, 4) is 17.0 Å². The average molecular weight is 247 g/mol. The molecule has 1 aromatic carbocycles. The average Bonchev–Trinajstić information content (AvgIpc) is 2.39. The van der Waals surface area contributed by atoms with E-state index in [0.29, 0.717) is 11.1 Å². The normalized spacial score (nSPS) is 10.1. The topological polar surface area (TPSA) is 59.4 Å². The van der Waals surface area contributed by atoms with Crippen molar-refractivity contribution in [3.05, 3.63) is 47.9 Å². The first-order valence-electron chi connectivity index (χ1n) is 5.16. The Hall–Kier alpha value is -2.43. The fourth-order valence-corrected chi connectivity index (χ4v) is 1.56. The second-order valence-corrected chi connectivity index (χ2v) is 3.57. The lowest BCUT2D eigenvalue weighted by molar-refractivity contribution is 0.0689. The zero-order valence-electron chi connectivity index (χ0n) is 9.55. The van der Waals surface area contributed by atoms with Crippen molar-refractivity contribution in [1.29, 1.82) is 0 Å². The summed E-state index contributed by atoms with van der Waals surface area (Å²) in [4.78, 5) is 14.7. The first-order valence-corrected chi connectivity index (χ1v) is 5.16. The number of carboxylic acid groups (broad SMARTS) is 1. The predicted molar refractivity (Wildman–Crippen MR) is 63.1 cm³/mol. The van der Waals surface area contributed by atoms with E-state index >= 15 is 0 Å². The van der Waals surface area contributed by atoms with Crippen LogP contribution in [0.25, 0.3) is 11.1 Å². The molecule has 4 nitrogen and oxygen atoms in total. The maximum Gasteiger partial charge on any atom is 0.354 e. The van der Waals surface area contributed by atoms with Crippen LogP contribution < -0.4 is 4.74 Å². The van der Waals surface area contributed by atoms with Crippen LogP contribution in [0.15, 0.2) is 36.4 Å². The Morgan fingerprint density at radius 3 is 2.44 bits per heavy atom. The molecule has 1 N–H and O–H groups in total. The van der Waals surface area contributed by atoms with Crippen molar-refractivity contribution in [1.82, 2.24) is 4.98 Å². The number of aromatic carboxylic acids is 1. The highest BCUT2D eigenvalue weighted by Crippen LogP contribution is 2.28. The van der Waals surface area contributed by atoms with Crippen LogP contribution in [0, 0.1) is 5.82 Å². The van der Waals surface area contributed by atoms with Crippen molar-refractivity contribution in [3.63, 3.8) is 0 Å². The maximum atomic E-state index is 12.8. The minimum absolute atomic E-state index is 0.0993. The molecular weight excluding hydrogens is 237 g/mol. The van der Waals surface area contributed by atoms with E-state index in [2.05, 4.69) is 4.98 Å². The molecule has 0 aliphatic carbocycles. The summed E-state index contributed by atoms with van der Waals surface area (Å²) in [6.45, 7) is 0. The molecule has 0 aliphatic rings. The molecule has 0 saturated carbocycles. The summed E-state index contributed by atoms with van der Waals surface area (Å²) in [5.41, 5.74) is 1.22. The van der Waals surface area contributed by atoms with Crippen molar-refractivity contribution >= 4 is 5.97 Å². The highest BCUT2D eigenvalue weighted by Gasteiger charge is 2.12. The van der Waals surface area contributed by atoms with Crippen LogP contribution in [0.5, 0.6) is 5.88 Å². The van der Waals surface area contributed by atoms with Gasteiger partial charge in [-0.3, -0.25) is 0 Å². The van der Waals surface area contributed by atoms with Gasteiger partial charge in [0.2, 0.25) is 5.88 Å². The second kappa shape index (κ2) is 4.83. The van der Waals surface area contributed by atoms with E-state index < -0.39 is 5.97 Å². The van der Waals surface area contributed by atoms with Crippen molar-refractivity contribution in [2.24, 2.45) is 0 Å². The van der Waals surface area contributed by atoms with E-state index in [1.54, 1.807) is 18.2 Å². The Labute approximate surface area is 103 Å². The molecule has 0 atom stereocenters. The molecule has 92 valence electrons. The fraction of sp³-hybridized carbons (Fsp3) is 0.0769. The molecule has 5 heteroatoms. The molecule has 0 saturated heterocycles. The molecule has 1 heterocycles. The van der Waals surface area contributed by atoms with Gasteiger partial charge in [0.25, 0.3) is 0 Å². The van der Waals surface area contributed by atoms with Crippen LogP contribution in [0.2, 0.25) is 0 Å². The summed E-state index contributed by atoms with van der Waals surface area (Å²) >= 11 is 0. The van der Waals surface area contributed by atoms with Gasteiger partial charge >= 0.3 is 5.97 Å². The SMILES string of the molecule is COc1nc(C(=O)O)ccc1-c1ccc(F)cc1. The molecule has 0 fully saturated rings. The molecular formula is C13H10FNO3. The lowest BCUT2D eigenvalue weighted by Crippen LogP contribution is -2.02. The molecule has 2 aromatic rings. The maximum absolute atomic E-state index is 12.8. The Balaban J connectivity index is 2.50. The third-order valence-corrected chi connectivity index (χ3v) is 2.43. The quantitative estimate of drug-likeness (QED) is 0.905. The predicted octanol–water partition coefficient (Wildman–Crippen LogP) is 2.59. The zero-order valence-corrected chi connectivity index (χ0v) is 9.55. The van der Waals surface area contributed by atoms with Crippen molar-refractivity contribution in [2.45, 2.75) is 0 Å². The summed E-state index contributed by atoms with van der Waals surface area (Å²) in [7, 11) is 1.40. The first-order chi connectivity index (χ1) is 8.61. The summed E-state index contributed by atoms with van der Waals surface area (Å²) in [6.07, 6.45) is 0. The summed E-state index contributed by atoms with van der Waals surface area (Å²) < 4.78 is 17.9. The first kappa shape index (κ1) is 12.0. The Bertz CT molecular complexity index is 581. The van der Waals surface area contributed by atoms with E-state index in [9.17, 15) is 9.18 Å². The number of hydrogen-bond donors (Lipinski definition) is 1. The van der Waals surface area contributed by atoms with Gasteiger partial charge in [0.1, 0.15) is 5.82 Å². The number of nitrogens with zero attached hydrogens (tertiary/aromatic N) is 1. The van der Waals surface area contributed by atoms with Crippen LogP contribution in [0.1, 0.15) is 10.5 Å². The third kappa shape index (κ3) is 2.29. The Kier molecular flexibility index (Phi) is 3.23. The van der Waals surface area contributed by atoms with Crippen LogP contribution in [0.3, 0.4) is 0 Å². The summed E-state index contributed by atoms with van der Waals surface area (Å²) in [5, 5.41) is 8.83. The van der Waals surface area contributed by atoms with Gasteiger partial charge in [0, 0.05) is 5.56 Å². The van der Waals surface area contributed by atoms with Gasteiger partial charge in [-0.25, -0.2) is 14.2 Å². The molecule has 0 unspecified atom stereocenters. The standard InChI is InChI=1S/C13H10FNO3/c1-18-12-10(6-7-11(15-12)13(16)17)8-2-4-9(14)5-3-8/h2-7H,1H3,(H,16,17). The second-order valence-electron chi connectivity index (χ2n) is 3.57. The van der Waals surface area contributed by atoms with Gasteiger partial charge in [-0.05, 0) is 29.8 Å². The molecule has 2 rings (SSSR count). The Morgan fingerprint density at radius 1 is 1.22 bits per heavy atom. The van der Waals surface area contributed by atoms with E-state index in [1.807, 2.05) is 0 Å². The number of halogens is 1. The molecule has 0 bridgehead atoms. The number of hydrogen-bond acceptors (Lipinski definition) is 3. The van der Waals surface area contributed by atoms with E-state index in [0.717, 1.165) is 0 Å². The molecule has 0 spiro atoms. The lowest BCUT2D eigenvalue weighted by atomic mass is 10.1. The number of aromatic nitrogens is 1. The number of ether oxygens (including phenoxy) is 1. The Morgan fingerprint density at radius 2 is 1.89 bits per heavy atom. The smallest absolute Gasteiger partial charge is 0.354 e. The zero-order chi connectivity index (χ0) is 13.1. The van der Waals surface area contributed by atoms with Gasteiger partial charge < -0.3 is 9.84 Å². The molecule has 1 aromatic heterocycles. The minimum Gasteiger partial charge on any atom is -0.481 e. The van der Waals surface area contributed by atoms with Gasteiger partial charge in [-0.2, -0.15) is 0 Å². The number of pyridine rings is 1. The highest BCUT2D eigenvalue weighted by atomic mass is 19.1.